The van der Waals surface area contributed by atoms with Crippen molar-refractivity contribution in [2.24, 2.45) is 0 Å². The standard InChI is InChI=1S/C24H22N4O4/c1-2-31-24(30)20-21(26-13-17-9-5-3-6-10-17)19-14-25-16-27-22(19)28(23(20)29)32-15-18-11-7-4-8-12-18/h3-12,14,16,26H,2,13,15H2,1H3. The molecule has 8 heteroatoms. The molecule has 0 unspecified atom stereocenters. The number of rotatable bonds is 8. The van der Waals surface area contributed by atoms with Gasteiger partial charge in [-0.1, -0.05) is 60.7 Å². The lowest BCUT2D eigenvalue weighted by atomic mass is 10.1. The van der Waals surface area contributed by atoms with Gasteiger partial charge in [0.25, 0.3) is 0 Å². The van der Waals surface area contributed by atoms with Crippen molar-refractivity contribution in [2.75, 3.05) is 11.9 Å². The van der Waals surface area contributed by atoms with Gasteiger partial charge in [-0.3, -0.25) is 4.79 Å². The van der Waals surface area contributed by atoms with Crippen molar-refractivity contribution in [3.63, 3.8) is 0 Å². The molecule has 32 heavy (non-hydrogen) atoms. The molecule has 0 saturated carbocycles. The summed E-state index contributed by atoms with van der Waals surface area (Å²) < 4.78 is 6.21. The van der Waals surface area contributed by atoms with Crippen molar-refractivity contribution in [1.29, 1.82) is 0 Å². The SMILES string of the molecule is CCOC(=O)c1c(NCc2ccccc2)c2cncnc2n(OCc2ccccc2)c1=O. The quantitative estimate of drug-likeness (QED) is 0.429. The second-order valence-electron chi connectivity index (χ2n) is 6.93. The minimum absolute atomic E-state index is 0.124. The topological polar surface area (TPSA) is 95.3 Å². The molecule has 0 radical (unpaired) electrons. The van der Waals surface area contributed by atoms with Crippen LogP contribution >= 0.6 is 0 Å². The molecule has 2 aromatic carbocycles. The van der Waals surface area contributed by atoms with Crippen LogP contribution < -0.4 is 15.7 Å². The number of carbonyl (C=O) groups excluding carboxylic acids is 1. The molecule has 0 aliphatic heterocycles. The van der Waals surface area contributed by atoms with Crippen LogP contribution in [0.3, 0.4) is 0 Å². The van der Waals surface area contributed by atoms with E-state index in [2.05, 4.69) is 15.3 Å². The van der Waals surface area contributed by atoms with Crippen molar-refractivity contribution in [3.8, 4) is 0 Å². The first-order chi connectivity index (χ1) is 15.7. The van der Waals surface area contributed by atoms with Crippen molar-refractivity contribution in [2.45, 2.75) is 20.1 Å². The molecule has 0 fully saturated rings. The van der Waals surface area contributed by atoms with Gasteiger partial charge >= 0.3 is 11.5 Å². The second kappa shape index (κ2) is 9.74. The molecule has 0 bridgehead atoms. The van der Waals surface area contributed by atoms with Crippen LogP contribution in [0.2, 0.25) is 0 Å². The lowest BCUT2D eigenvalue weighted by Crippen LogP contribution is -2.34. The molecular formula is C24H22N4O4. The van der Waals surface area contributed by atoms with Crippen LogP contribution in [0.15, 0.2) is 78.0 Å². The zero-order valence-electron chi connectivity index (χ0n) is 17.5. The number of anilines is 1. The van der Waals surface area contributed by atoms with Gasteiger partial charge in [0, 0.05) is 12.7 Å². The Morgan fingerprint density at radius 2 is 1.72 bits per heavy atom. The Labute approximate surface area is 184 Å². The first-order valence-electron chi connectivity index (χ1n) is 10.2. The predicted octanol–water partition coefficient (Wildman–Crippen LogP) is 3.21. The van der Waals surface area contributed by atoms with Crippen LogP contribution in [0.25, 0.3) is 11.0 Å². The highest BCUT2D eigenvalue weighted by Crippen LogP contribution is 2.24. The molecule has 4 aromatic rings. The zero-order valence-corrected chi connectivity index (χ0v) is 17.5. The number of nitrogens with zero attached hydrogens (tertiary/aromatic N) is 3. The molecule has 8 nitrogen and oxygen atoms in total. The molecule has 0 aliphatic rings. The minimum atomic E-state index is -0.740. The largest absolute Gasteiger partial charge is 0.462 e. The number of nitrogens with one attached hydrogen (secondary N) is 1. The maximum absolute atomic E-state index is 13.4. The third kappa shape index (κ3) is 4.44. The van der Waals surface area contributed by atoms with Gasteiger partial charge in [-0.05, 0) is 18.1 Å². The number of hydrogen-bond donors (Lipinski definition) is 1. The van der Waals surface area contributed by atoms with E-state index in [4.69, 9.17) is 9.57 Å². The summed E-state index contributed by atoms with van der Waals surface area (Å²) in [5.74, 6) is -0.740. The number of fused-ring (bicyclic) bond motifs is 1. The van der Waals surface area contributed by atoms with E-state index in [0.29, 0.717) is 17.6 Å². The third-order valence-electron chi connectivity index (χ3n) is 4.80. The Hall–Kier alpha value is -4.20. The number of aromatic nitrogens is 3. The Morgan fingerprint density at radius 3 is 2.41 bits per heavy atom. The van der Waals surface area contributed by atoms with E-state index in [1.165, 1.54) is 6.33 Å². The molecule has 0 atom stereocenters. The van der Waals surface area contributed by atoms with Crippen LogP contribution in [0.5, 0.6) is 0 Å². The summed E-state index contributed by atoms with van der Waals surface area (Å²) in [4.78, 5) is 40.3. The van der Waals surface area contributed by atoms with Crippen LogP contribution in [0.4, 0.5) is 5.69 Å². The van der Waals surface area contributed by atoms with E-state index in [-0.39, 0.29) is 24.4 Å². The summed E-state index contributed by atoms with van der Waals surface area (Å²) in [5.41, 5.74) is 1.61. The van der Waals surface area contributed by atoms with Gasteiger partial charge in [0.15, 0.2) is 11.2 Å². The van der Waals surface area contributed by atoms with Gasteiger partial charge < -0.3 is 14.9 Å². The molecule has 0 amide bonds. The highest BCUT2D eigenvalue weighted by molar-refractivity contribution is 6.03. The first kappa shape index (κ1) is 21.0. The number of benzene rings is 2. The fraction of sp³-hybridized carbons (Fsp3) is 0.167. The minimum Gasteiger partial charge on any atom is -0.462 e. The van der Waals surface area contributed by atoms with Gasteiger partial charge in [0.2, 0.25) is 0 Å². The van der Waals surface area contributed by atoms with Crippen molar-refractivity contribution in [1.82, 2.24) is 14.7 Å². The molecule has 0 aliphatic carbocycles. The number of carbonyl (C=O) groups is 1. The van der Waals surface area contributed by atoms with Gasteiger partial charge in [0.05, 0.1) is 17.7 Å². The lowest BCUT2D eigenvalue weighted by molar-refractivity contribution is 0.0513. The highest BCUT2D eigenvalue weighted by Gasteiger charge is 2.25. The Bertz CT molecular complexity index is 1270. The van der Waals surface area contributed by atoms with E-state index in [9.17, 15) is 9.59 Å². The molecule has 2 heterocycles. The normalized spacial score (nSPS) is 10.7. The van der Waals surface area contributed by atoms with E-state index in [0.717, 1.165) is 15.9 Å². The molecule has 162 valence electrons. The lowest BCUT2D eigenvalue weighted by Gasteiger charge is -2.17. The van der Waals surface area contributed by atoms with Crippen molar-refractivity contribution < 1.29 is 14.4 Å². The molecule has 0 spiro atoms. The molecule has 2 aromatic heterocycles. The van der Waals surface area contributed by atoms with Gasteiger partial charge in [-0.2, -0.15) is 0 Å². The zero-order chi connectivity index (χ0) is 22.3. The summed E-state index contributed by atoms with van der Waals surface area (Å²) in [6, 6.07) is 19.0. The second-order valence-corrected chi connectivity index (χ2v) is 6.93. The van der Waals surface area contributed by atoms with Crippen molar-refractivity contribution >= 4 is 22.7 Å². The average Bonchev–Trinajstić information content (AvgIpc) is 2.83. The third-order valence-corrected chi connectivity index (χ3v) is 4.80. The van der Waals surface area contributed by atoms with Crippen LogP contribution in [0, 0.1) is 0 Å². The molecular weight excluding hydrogens is 408 g/mol. The summed E-state index contributed by atoms with van der Waals surface area (Å²) in [6.45, 7) is 2.33. The summed E-state index contributed by atoms with van der Waals surface area (Å²) in [7, 11) is 0. The molecule has 1 N–H and O–H groups in total. The molecule has 4 rings (SSSR count). The highest BCUT2D eigenvalue weighted by atomic mass is 16.7. The number of ether oxygens (including phenoxy) is 1. The van der Waals surface area contributed by atoms with Crippen LogP contribution in [0.1, 0.15) is 28.4 Å². The summed E-state index contributed by atoms with van der Waals surface area (Å²) in [6.07, 6.45) is 2.87. The van der Waals surface area contributed by atoms with E-state index in [1.807, 2.05) is 60.7 Å². The molecule has 0 saturated heterocycles. The fourth-order valence-electron chi connectivity index (χ4n) is 3.30. The van der Waals surface area contributed by atoms with Gasteiger partial charge in [0.1, 0.15) is 12.9 Å². The Morgan fingerprint density at radius 1 is 1.03 bits per heavy atom. The average molecular weight is 430 g/mol. The van der Waals surface area contributed by atoms with Gasteiger partial charge in [-0.15, -0.1) is 4.73 Å². The van der Waals surface area contributed by atoms with E-state index < -0.39 is 11.5 Å². The Balaban J connectivity index is 1.81. The maximum atomic E-state index is 13.4. The summed E-state index contributed by atoms with van der Waals surface area (Å²) >= 11 is 0. The smallest absolute Gasteiger partial charge is 0.346 e. The van der Waals surface area contributed by atoms with E-state index >= 15 is 0 Å². The van der Waals surface area contributed by atoms with Crippen molar-refractivity contribution in [3.05, 3.63) is 100 Å². The van der Waals surface area contributed by atoms with E-state index in [1.54, 1.807) is 13.1 Å². The van der Waals surface area contributed by atoms with Crippen LogP contribution in [-0.2, 0) is 17.9 Å². The van der Waals surface area contributed by atoms with Gasteiger partial charge in [-0.25, -0.2) is 14.8 Å². The number of hydrogen-bond acceptors (Lipinski definition) is 7. The monoisotopic (exact) mass is 430 g/mol. The summed E-state index contributed by atoms with van der Waals surface area (Å²) in [5, 5.41) is 3.68. The predicted molar refractivity (Wildman–Crippen MR) is 120 cm³/mol. The first-order valence-corrected chi connectivity index (χ1v) is 10.2. The number of esters is 1. The number of pyridine rings is 1. The maximum Gasteiger partial charge on any atom is 0.346 e. The Kier molecular flexibility index (Phi) is 6.41. The fourth-order valence-corrected chi connectivity index (χ4v) is 3.30. The van der Waals surface area contributed by atoms with Crippen LogP contribution in [-0.4, -0.2) is 27.3 Å².